The lowest BCUT2D eigenvalue weighted by atomic mass is 10.1. The lowest BCUT2D eigenvalue weighted by molar-refractivity contribution is -0.131. The van der Waals surface area contributed by atoms with Gasteiger partial charge in [-0.05, 0) is 49.6 Å². The lowest BCUT2D eigenvalue weighted by Gasteiger charge is -2.27. The van der Waals surface area contributed by atoms with Crippen LogP contribution in [-0.4, -0.2) is 38.8 Å². The molecule has 1 aromatic carbocycles. The Morgan fingerprint density at radius 1 is 1.23 bits per heavy atom. The zero-order chi connectivity index (χ0) is 18.7. The third-order valence-corrected chi connectivity index (χ3v) is 5.52. The molecule has 0 saturated carbocycles. The minimum Gasteiger partial charge on any atom is -0.334 e. The summed E-state index contributed by atoms with van der Waals surface area (Å²) < 4.78 is 0. The van der Waals surface area contributed by atoms with Crippen LogP contribution in [0.2, 0.25) is 0 Å². The molecule has 136 valence electrons. The number of para-hydroxylation sites is 1. The molecule has 3 rings (SSSR count). The number of rotatable bonds is 6. The molecule has 1 aliphatic rings. The highest BCUT2D eigenvalue weighted by molar-refractivity contribution is 7.80. The molecule has 1 N–H and O–H groups in total. The predicted octanol–water partition coefficient (Wildman–Crippen LogP) is 3.48. The number of nitrogens with zero attached hydrogens (tertiary/aromatic N) is 2. The van der Waals surface area contributed by atoms with Crippen LogP contribution in [0.3, 0.4) is 0 Å². The van der Waals surface area contributed by atoms with E-state index in [-0.39, 0.29) is 24.3 Å². The standard InChI is InChI=1S/C19H21N3O2S2/c1-13(2)22-16(11-17(23)20-14-7-4-3-5-8-14)18(24)21(19(22)25)12-15-9-6-10-26-15/h3-10,13,16H,11-12H2,1-2H3,(H,20,23)/t16-/m0/s1. The van der Waals surface area contributed by atoms with E-state index >= 15 is 0 Å². The lowest BCUT2D eigenvalue weighted by Crippen LogP contribution is -2.42. The highest BCUT2D eigenvalue weighted by Gasteiger charge is 2.44. The van der Waals surface area contributed by atoms with Crippen molar-refractivity contribution in [3.63, 3.8) is 0 Å². The second-order valence-corrected chi connectivity index (χ2v) is 7.82. The molecule has 0 radical (unpaired) electrons. The van der Waals surface area contributed by atoms with Gasteiger partial charge in [0.2, 0.25) is 5.91 Å². The fourth-order valence-corrected chi connectivity index (χ4v) is 4.23. The van der Waals surface area contributed by atoms with E-state index in [2.05, 4.69) is 5.32 Å². The number of nitrogens with one attached hydrogen (secondary N) is 1. The van der Waals surface area contributed by atoms with Crippen LogP contribution in [0.25, 0.3) is 0 Å². The molecule has 2 amide bonds. The average Bonchev–Trinajstić information content (AvgIpc) is 3.19. The van der Waals surface area contributed by atoms with Crippen molar-refractivity contribution in [2.24, 2.45) is 0 Å². The van der Waals surface area contributed by atoms with E-state index in [1.54, 1.807) is 16.2 Å². The first-order valence-electron chi connectivity index (χ1n) is 8.48. The van der Waals surface area contributed by atoms with Crippen molar-refractivity contribution in [2.45, 2.75) is 38.9 Å². The van der Waals surface area contributed by atoms with Gasteiger partial charge in [0.15, 0.2) is 5.11 Å². The van der Waals surface area contributed by atoms with Crippen LogP contribution in [0.1, 0.15) is 25.1 Å². The summed E-state index contributed by atoms with van der Waals surface area (Å²) >= 11 is 7.14. The maximum absolute atomic E-state index is 13.0. The van der Waals surface area contributed by atoms with Crippen LogP contribution in [-0.2, 0) is 16.1 Å². The second kappa shape index (κ2) is 7.97. The van der Waals surface area contributed by atoms with Crippen LogP contribution in [0, 0.1) is 0 Å². The summed E-state index contributed by atoms with van der Waals surface area (Å²) in [6.45, 7) is 4.42. The summed E-state index contributed by atoms with van der Waals surface area (Å²) in [6.07, 6.45) is 0.0764. The van der Waals surface area contributed by atoms with Gasteiger partial charge >= 0.3 is 0 Å². The van der Waals surface area contributed by atoms with Gasteiger partial charge < -0.3 is 10.2 Å². The Labute approximate surface area is 162 Å². The molecule has 0 aliphatic carbocycles. The van der Waals surface area contributed by atoms with Crippen LogP contribution in [0.5, 0.6) is 0 Å². The second-order valence-electron chi connectivity index (χ2n) is 6.42. The van der Waals surface area contributed by atoms with E-state index in [1.165, 1.54) is 0 Å². The smallest absolute Gasteiger partial charge is 0.252 e. The van der Waals surface area contributed by atoms with Crippen molar-refractivity contribution in [3.05, 3.63) is 52.7 Å². The van der Waals surface area contributed by atoms with Gasteiger partial charge in [0.25, 0.3) is 5.91 Å². The number of benzene rings is 1. The quantitative estimate of drug-likeness (QED) is 0.771. The molecule has 0 bridgehead atoms. The number of carbonyl (C=O) groups excluding carboxylic acids is 2. The molecule has 5 nitrogen and oxygen atoms in total. The Morgan fingerprint density at radius 3 is 2.58 bits per heavy atom. The summed E-state index contributed by atoms with van der Waals surface area (Å²) in [5.74, 6) is -0.304. The Bertz CT molecular complexity index is 790. The highest BCUT2D eigenvalue weighted by atomic mass is 32.1. The number of thiocarbonyl (C=S) groups is 1. The maximum Gasteiger partial charge on any atom is 0.252 e. The molecular formula is C19H21N3O2S2. The first-order chi connectivity index (χ1) is 12.5. The van der Waals surface area contributed by atoms with Gasteiger partial charge in [-0.2, -0.15) is 0 Å². The minimum absolute atomic E-state index is 0.0364. The molecule has 1 fully saturated rings. The number of thiophene rings is 1. The normalized spacial score (nSPS) is 17.3. The van der Waals surface area contributed by atoms with Gasteiger partial charge in [-0.25, -0.2) is 0 Å². The molecule has 1 saturated heterocycles. The third kappa shape index (κ3) is 3.94. The number of hydrogen-bond acceptors (Lipinski definition) is 4. The molecule has 1 aliphatic heterocycles. The summed E-state index contributed by atoms with van der Waals surface area (Å²) in [7, 11) is 0. The molecular weight excluding hydrogens is 366 g/mol. The summed E-state index contributed by atoms with van der Waals surface area (Å²) in [5, 5.41) is 5.32. The molecule has 1 aromatic heterocycles. The average molecular weight is 388 g/mol. The largest absolute Gasteiger partial charge is 0.334 e. The highest BCUT2D eigenvalue weighted by Crippen LogP contribution is 2.26. The van der Waals surface area contributed by atoms with Gasteiger partial charge in [-0.3, -0.25) is 14.5 Å². The zero-order valence-electron chi connectivity index (χ0n) is 14.7. The van der Waals surface area contributed by atoms with Crippen molar-refractivity contribution in [1.82, 2.24) is 9.80 Å². The molecule has 0 spiro atoms. The van der Waals surface area contributed by atoms with Gasteiger partial charge in [-0.1, -0.05) is 24.3 Å². The summed E-state index contributed by atoms with van der Waals surface area (Å²) in [4.78, 5) is 30.0. The SMILES string of the molecule is CC(C)N1C(=S)N(Cc2cccs2)C(=O)[C@@H]1CC(=O)Nc1ccccc1. The minimum atomic E-state index is -0.564. The Kier molecular flexibility index (Phi) is 5.68. The number of anilines is 1. The van der Waals surface area contributed by atoms with Crippen molar-refractivity contribution in [1.29, 1.82) is 0 Å². The van der Waals surface area contributed by atoms with E-state index in [0.29, 0.717) is 11.7 Å². The topological polar surface area (TPSA) is 52.7 Å². The van der Waals surface area contributed by atoms with Gasteiger partial charge in [0.1, 0.15) is 6.04 Å². The zero-order valence-corrected chi connectivity index (χ0v) is 16.3. The molecule has 26 heavy (non-hydrogen) atoms. The molecule has 2 aromatic rings. The predicted molar refractivity (Wildman–Crippen MR) is 108 cm³/mol. The Hall–Kier alpha value is -2.25. The van der Waals surface area contributed by atoms with Crippen molar-refractivity contribution < 1.29 is 9.59 Å². The Balaban J connectivity index is 1.74. The number of amides is 2. The summed E-state index contributed by atoms with van der Waals surface area (Å²) in [6, 6.07) is 12.6. The number of carbonyl (C=O) groups is 2. The van der Waals surface area contributed by atoms with Crippen LogP contribution >= 0.6 is 23.6 Å². The fourth-order valence-electron chi connectivity index (χ4n) is 3.05. The molecule has 0 unspecified atom stereocenters. The van der Waals surface area contributed by atoms with Crippen molar-refractivity contribution in [2.75, 3.05) is 5.32 Å². The van der Waals surface area contributed by atoms with E-state index in [0.717, 1.165) is 10.6 Å². The third-order valence-electron chi connectivity index (χ3n) is 4.23. The molecule has 2 heterocycles. The van der Waals surface area contributed by atoms with Crippen LogP contribution in [0.15, 0.2) is 47.8 Å². The molecule has 7 heteroatoms. The first-order valence-corrected chi connectivity index (χ1v) is 9.77. The summed E-state index contributed by atoms with van der Waals surface area (Å²) in [5.41, 5.74) is 0.720. The fraction of sp³-hybridized carbons (Fsp3) is 0.316. The number of hydrogen-bond donors (Lipinski definition) is 1. The van der Waals surface area contributed by atoms with Crippen LogP contribution in [0.4, 0.5) is 5.69 Å². The maximum atomic E-state index is 13.0. The van der Waals surface area contributed by atoms with E-state index in [4.69, 9.17) is 12.2 Å². The van der Waals surface area contributed by atoms with Gasteiger partial charge in [-0.15, -0.1) is 11.3 Å². The van der Waals surface area contributed by atoms with E-state index < -0.39 is 6.04 Å². The van der Waals surface area contributed by atoms with E-state index in [9.17, 15) is 9.59 Å². The van der Waals surface area contributed by atoms with Crippen LogP contribution < -0.4 is 5.32 Å². The van der Waals surface area contributed by atoms with Crippen molar-refractivity contribution in [3.8, 4) is 0 Å². The monoisotopic (exact) mass is 387 g/mol. The van der Waals surface area contributed by atoms with Crippen molar-refractivity contribution >= 4 is 46.2 Å². The Morgan fingerprint density at radius 2 is 1.96 bits per heavy atom. The first kappa shape index (κ1) is 18.5. The van der Waals surface area contributed by atoms with Gasteiger partial charge in [0.05, 0.1) is 13.0 Å². The molecule has 1 atom stereocenters. The van der Waals surface area contributed by atoms with E-state index in [1.807, 2.05) is 66.6 Å². The van der Waals surface area contributed by atoms with Gasteiger partial charge in [0, 0.05) is 16.6 Å².